The first-order valence-corrected chi connectivity index (χ1v) is 9.04. The van der Waals surface area contributed by atoms with Gasteiger partial charge in [0, 0.05) is 24.2 Å². The van der Waals surface area contributed by atoms with E-state index >= 15 is 0 Å². The summed E-state index contributed by atoms with van der Waals surface area (Å²) in [5.74, 6) is 0. The summed E-state index contributed by atoms with van der Waals surface area (Å²) in [4.78, 5) is 9.01. The lowest BCUT2D eigenvalue weighted by Gasteiger charge is -2.00. The maximum atomic E-state index is 4.69. The van der Waals surface area contributed by atoms with E-state index in [0.29, 0.717) is 0 Å². The number of pyridine rings is 2. The molecule has 0 fully saturated rings. The van der Waals surface area contributed by atoms with Gasteiger partial charge in [0.05, 0.1) is 10.9 Å². The van der Waals surface area contributed by atoms with Gasteiger partial charge in [-0.05, 0) is 30.3 Å². The topological polar surface area (TPSA) is 34.6 Å². The van der Waals surface area contributed by atoms with Crippen LogP contribution in [0.5, 0.6) is 0 Å². The van der Waals surface area contributed by atoms with Crippen LogP contribution in [0.1, 0.15) is 5.56 Å². The van der Waals surface area contributed by atoms with Gasteiger partial charge >= 0.3 is 5.65 Å². The van der Waals surface area contributed by atoms with Crippen molar-refractivity contribution in [3.63, 3.8) is 0 Å². The van der Waals surface area contributed by atoms with E-state index < -0.39 is 0 Å². The molecule has 1 aliphatic rings. The third kappa shape index (κ3) is 1.68. The number of hydrogen-bond acceptors (Lipinski definition) is 3. The Morgan fingerprint density at radius 3 is 2.84 bits per heavy atom. The normalized spacial score (nSPS) is 12.6. The summed E-state index contributed by atoms with van der Waals surface area (Å²) >= 11 is 1.84. The van der Waals surface area contributed by atoms with Crippen LogP contribution in [0.3, 0.4) is 0 Å². The summed E-state index contributed by atoms with van der Waals surface area (Å²) in [6, 6.07) is 16.8. The van der Waals surface area contributed by atoms with Crippen LogP contribution in [0.15, 0.2) is 67.1 Å². The standard InChI is InChI=1S/C20H13N4S/c1-2-5-14(6-3-1)24-18-15(7-4-9-22-18)17-19(24)23-12-13-8-10-21-11-16(13)20(23)25-17/h1-11H,12H2/q+1. The SMILES string of the molecule is c1ccc(-n2c3ncccc3c3sc4[n+](c32)Cc2ccncc2-4)cc1. The molecule has 0 aliphatic carbocycles. The van der Waals surface area contributed by atoms with Gasteiger partial charge in [0.2, 0.25) is 5.65 Å². The second kappa shape index (κ2) is 4.74. The first kappa shape index (κ1) is 13.3. The average Bonchev–Trinajstić information content (AvgIpc) is 3.30. The summed E-state index contributed by atoms with van der Waals surface area (Å²) in [6.45, 7) is 0.885. The van der Waals surface area contributed by atoms with Crippen molar-refractivity contribution in [2.45, 2.75) is 6.54 Å². The van der Waals surface area contributed by atoms with E-state index in [1.807, 2.05) is 42.1 Å². The largest absolute Gasteiger partial charge is 0.308 e. The molecule has 25 heavy (non-hydrogen) atoms. The van der Waals surface area contributed by atoms with Gasteiger partial charge in [-0.25, -0.2) is 9.55 Å². The predicted molar refractivity (Wildman–Crippen MR) is 99.0 cm³/mol. The molecule has 6 rings (SSSR count). The number of fused-ring (bicyclic) bond motifs is 7. The quantitative estimate of drug-likeness (QED) is 0.424. The second-order valence-electron chi connectivity index (χ2n) is 6.22. The van der Waals surface area contributed by atoms with Crippen LogP contribution in [-0.4, -0.2) is 14.5 Å². The van der Waals surface area contributed by atoms with Gasteiger partial charge in [-0.3, -0.25) is 4.98 Å². The average molecular weight is 341 g/mol. The number of benzene rings is 1. The van der Waals surface area contributed by atoms with E-state index in [1.165, 1.54) is 31.9 Å². The number of nitrogens with zero attached hydrogens (tertiary/aromatic N) is 4. The van der Waals surface area contributed by atoms with Gasteiger partial charge in [-0.2, -0.15) is 4.57 Å². The lowest BCUT2D eigenvalue weighted by molar-refractivity contribution is -0.644. The highest BCUT2D eigenvalue weighted by Gasteiger charge is 2.34. The fraction of sp³-hybridized carbons (Fsp3) is 0.0500. The minimum atomic E-state index is 0.885. The molecule has 5 aromatic rings. The van der Waals surface area contributed by atoms with Crippen molar-refractivity contribution in [1.29, 1.82) is 0 Å². The molecule has 0 radical (unpaired) electrons. The van der Waals surface area contributed by atoms with E-state index in [4.69, 9.17) is 0 Å². The summed E-state index contributed by atoms with van der Waals surface area (Å²) < 4.78 is 5.97. The van der Waals surface area contributed by atoms with E-state index in [9.17, 15) is 0 Å². The van der Waals surface area contributed by atoms with Crippen molar-refractivity contribution >= 4 is 32.7 Å². The van der Waals surface area contributed by atoms with Gasteiger partial charge in [-0.15, -0.1) is 0 Å². The van der Waals surface area contributed by atoms with Crippen LogP contribution >= 0.6 is 11.3 Å². The molecule has 4 nitrogen and oxygen atoms in total. The summed E-state index contributed by atoms with van der Waals surface area (Å²) in [5, 5.41) is 2.49. The third-order valence-corrected chi connectivity index (χ3v) is 6.08. The lowest BCUT2D eigenvalue weighted by Crippen LogP contribution is -2.32. The Labute approximate surface area is 147 Å². The zero-order chi connectivity index (χ0) is 16.4. The van der Waals surface area contributed by atoms with E-state index in [-0.39, 0.29) is 0 Å². The highest BCUT2D eigenvalue weighted by Crippen LogP contribution is 2.40. The van der Waals surface area contributed by atoms with Crippen molar-refractivity contribution in [3.05, 3.63) is 72.7 Å². The number of rotatable bonds is 1. The molecule has 118 valence electrons. The number of aromatic nitrogens is 4. The van der Waals surface area contributed by atoms with Crippen LogP contribution < -0.4 is 4.57 Å². The number of thiazole rings is 1. The number of hydrogen-bond donors (Lipinski definition) is 0. The minimum Gasteiger partial charge on any atom is -0.264 e. The molecule has 0 saturated carbocycles. The molecule has 0 N–H and O–H groups in total. The van der Waals surface area contributed by atoms with E-state index in [2.05, 4.69) is 55.5 Å². The van der Waals surface area contributed by atoms with Gasteiger partial charge in [-0.1, -0.05) is 29.5 Å². The van der Waals surface area contributed by atoms with Crippen molar-refractivity contribution in [2.24, 2.45) is 0 Å². The van der Waals surface area contributed by atoms with Gasteiger partial charge in [0.25, 0.3) is 0 Å². The van der Waals surface area contributed by atoms with Crippen molar-refractivity contribution < 1.29 is 4.57 Å². The van der Waals surface area contributed by atoms with Crippen LogP contribution in [0.2, 0.25) is 0 Å². The molecule has 1 aliphatic heterocycles. The lowest BCUT2D eigenvalue weighted by atomic mass is 10.2. The van der Waals surface area contributed by atoms with Gasteiger partial charge < -0.3 is 0 Å². The summed E-state index contributed by atoms with van der Waals surface area (Å²) in [7, 11) is 0. The molecular weight excluding hydrogens is 328 g/mol. The van der Waals surface area contributed by atoms with Gasteiger partial charge in [0.1, 0.15) is 16.9 Å². The van der Waals surface area contributed by atoms with E-state index in [0.717, 1.165) is 17.9 Å². The fourth-order valence-electron chi connectivity index (χ4n) is 3.76. The Morgan fingerprint density at radius 2 is 1.92 bits per heavy atom. The highest BCUT2D eigenvalue weighted by molar-refractivity contribution is 7.22. The Bertz CT molecular complexity index is 1270. The zero-order valence-corrected chi connectivity index (χ0v) is 14.1. The molecule has 0 bridgehead atoms. The molecule has 0 unspecified atom stereocenters. The van der Waals surface area contributed by atoms with Crippen molar-refractivity contribution in [2.75, 3.05) is 0 Å². The minimum absolute atomic E-state index is 0.885. The Kier molecular flexibility index (Phi) is 2.51. The highest BCUT2D eigenvalue weighted by atomic mass is 32.1. The molecule has 0 amide bonds. The summed E-state index contributed by atoms with van der Waals surface area (Å²) in [5.41, 5.74) is 5.96. The third-order valence-electron chi connectivity index (χ3n) is 4.84. The molecule has 0 atom stereocenters. The second-order valence-corrected chi connectivity index (χ2v) is 7.22. The van der Waals surface area contributed by atoms with Crippen LogP contribution in [0.4, 0.5) is 0 Å². The Hall–Kier alpha value is -3.05. The zero-order valence-electron chi connectivity index (χ0n) is 13.3. The van der Waals surface area contributed by atoms with Crippen molar-refractivity contribution in [3.8, 4) is 16.3 Å². The molecular formula is C20H13N4S+. The van der Waals surface area contributed by atoms with Crippen LogP contribution in [0.25, 0.3) is 37.6 Å². The molecule has 4 aromatic heterocycles. The smallest absolute Gasteiger partial charge is 0.264 e. The maximum absolute atomic E-state index is 4.69. The van der Waals surface area contributed by atoms with Crippen LogP contribution in [-0.2, 0) is 6.54 Å². The first-order chi connectivity index (χ1) is 12.4. The number of para-hydroxylation sites is 1. The Balaban J connectivity index is 1.79. The molecule has 0 spiro atoms. The molecule has 1 aromatic carbocycles. The maximum Gasteiger partial charge on any atom is 0.308 e. The summed E-state index contributed by atoms with van der Waals surface area (Å²) in [6.07, 6.45) is 5.73. The molecule has 5 heteroatoms. The van der Waals surface area contributed by atoms with Gasteiger partial charge in [0.15, 0.2) is 5.01 Å². The van der Waals surface area contributed by atoms with E-state index in [1.54, 1.807) is 0 Å². The monoisotopic (exact) mass is 341 g/mol. The first-order valence-electron chi connectivity index (χ1n) is 8.22. The Morgan fingerprint density at radius 1 is 1.00 bits per heavy atom. The molecule has 5 heterocycles. The predicted octanol–water partition coefficient (Wildman–Crippen LogP) is 3.95. The van der Waals surface area contributed by atoms with Crippen LogP contribution in [0, 0.1) is 0 Å². The van der Waals surface area contributed by atoms with Crippen molar-refractivity contribution in [1.82, 2.24) is 14.5 Å². The molecule has 0 saturated heterocycles. The fourth-order valence-corrected chi connectivity index (χ4v) is 5.07.